The fourth-order valence-corrected chi connectivity index (χ4v) is 2.58. The lowest BCUT2D eigenvalue weighted by atomic mass is 9.86. The molecule has 1 aliphatic carbocycles. The lowest BCUT2D eigenvalue weighted by Gasteiger charge is -2.27. The molecule has 0 heterocycles. The lowest BCUT2D eigenvalue weighted by Crippen LogP contribution is -2.36. The molecule has 2 unspecified atom stereocenters. The standard InChI is InChI=1S/C15H21NO3/c1-19-14-9-5-3-7-12(14)15(18)16-10-11-6-2-4-8-13(11)17/h3,5,7,9,11,13,17H,2,4,6,8,10H2,1H3,(H,16,18). The van der Waals surface area contributed by atoms with Gasteiger partial charge in [0.15, 0.2) is 0 Å². The van der Waals surface area contributed by atoms with Crippen molar-refractivity contribution in [1.82, 2.24) is 5.32 Å². The van der Waals surface area contributed by atoms with Gasteiger partial charge in [0, 0.05) is 12.5 Å². The number of nitrogens with one attached hydrogen (secondary N) is 1. The highest BCUT2D eigenvalue weighted by Gasteiger charge is 2.23. The maximum absolute atomic E-state index is 12.1. The normalized spacial score (nSPS) is 22.8. The molecule has 1 amide bonds. The third-order valence-electron chi connectivity index (χ3n) is 3.75. The van der Waals surface area contributed by atoms with E-state index < -0.39 is 0 Å². The Labute approximate surface area is 113 Å². The molecule has 19 heavy (non-hydrogen) atoms. The highest BCUT2D eigenvalue weighted by atomic mass is 16.5. The molecule has 0 radical (unpaired) electrons. The minimum atomic E-state index is -0.285. The average Bonchev–Trinajstić information content (AvgIpc) is 2.46. The van der Waals surface area contributed by atoms with E-state index in [-0.39, 0.29) is 17.9 Å². The Bertz CT molecular complexity index is 433. The fraction of sp³-hybridized carbons (Fsp3) is 0.533. The summed E-state index contributed by atoms with van der Waals surface area (Å²) in [5.41, 5.74) is 0.537. The largest absolute Gasteiger partial charge is 0.496 e. The van der Waals surface area contributed by atoms with E-state index in [1.54, 1.807) is 19.2 Å². The van der Waals surface area contributed by atoms with Crippen molar-refractivity contribution in [3.63, 3.8) is 0 Å². The lowest BCUT2D eigenvalue weighted by molar-refractivity contribution is 0.0662. The van der Waals surface area contributed by atoms with E-state index >= 15 is 0 Å². The quantitative estimate of drug-likeness (QED) is 0.873. The fourth-order valence-electron chi connectivity index (χ4n) is 2.58. The molecule has 1 aromatic carbocycles. The van der Waals surface area contributed by atoms with Crippen LogP contribution in [0.4, 0.5) is 0 Å². The highest BCUT2D eigenvalue weighted by molar-refractivity contribution is 5.96. The van der Waals surface area contributed by atoms with Gasteiger partial charge in [-0.25, -0.2) is 0 Å². The van der Waals surface area contributed by atoms with Crippen LogP contribution < -0.4 is 10.1 Å². The molecule has 1 fully saturated rings. The monoisotopic (exact) mass is 263 g/mol. The first-order valence-corrected chi connectivity index (χ1v) is 6.81. The van der Waals surface area contributed by atoms with E-state index in [4.69, 9.17) is 4.74 Å². The molecular formula is C15H21NO3. The zero-order valence-corrected chi connectivity index (χ0v) is 11.3. The molecule has 0 saturated heterocycles. The van der Waals surface area contributed by atoms with Gasteiger partial charge < -0.3 is 15.2 Å². The van der Waals surface area contributed by atoms with Crippen LogP contribution in [-0.4, -0.2) is 30.8 Å². The molecule has 1 aliphatic rings. The zero-order chi connectivity index (χ0) is 13.7. The summed E-state index contributed by atoms with van der Waals surface area (Å²) in [6.45, 7) is 0.526. The first kappa shape index (κ1) is 13.9. The summed E-state index contributed by atoms with van der Waals surface area (Å²) in [7, 11) is 1.55. The first-order valence-electron chi connectivity index (χ1n) is 6.81. The molecule has 0 spiro atoms. The third-order valence-corrected chi connectivity index (χ3v) is 3.75. The smallest absolute Gasteiger partial charge is 0.255 e. The number of hydrogen-bond donors (Lipinski definition) is 2. The van der Waals surface area contributed by atoms with Gasteiger partial charge in [-0.15, -0.1) is 0 Å². The van der Waals surface area contributed by atoms with E-state index in [0.29, 0.717) is 17.9 Å². The van der Waals surface area contributed by atoms with E-state index in [9.17, 15) is 9.90 Å². The first-order chi connectivity index (χ1) is 9.22. The summed E-state index contributed by atoms with van der Waals surface area (Å²) in [5, 5.41) is 12.8. The third kappa shape index (κ3) is 3.47. The Morgan fingerprint density at radius 1 is 1.37 bits per heavy atom. The van der Waals surface area contributed by atoms with E-state index in [1.165, 1.54) is 0 Å². The van der Waals surface area contributed by atoms with Crippen molar-refractivity contribution in [1.29, 1.82) is 0 Å². The van der Waals surface area contributed by atoms with Crippen LogP contribution in [0.2, 0.25) is 0 Å². The summed E-state index contributed by atoms with van der Waals surface area (Å²) in [6, 6.07) is 7.16. The molecule has 0 aromatic heterocycles. The maximum atomic E-state index is 12.1. The van der Waals surface area contributed by atoms with Gasteiger partial charge in [0.05, 0.1) is 18.8 Å². The van der Waals surface area contributed by atoms with Crippen molar-refractivity contribution >= 4 is 5.91 Å². The molecule has 0 aliphatic heterocycles. The molecule has 2 rings (SSSR count). The minimum Gasteiger partial charge on any atom is -0.496 e. The number of carbonyl (C=O) groups is 1. The SMILES string of the molecule is COc1ccccc1C(=O)NCC1CCCCC1O. The maximum Gasteiger partial charge on any atom is 0.255 e. The molecular weight excluding hydrogens is 242 g/mol. The van der Waals surface area contributed by atoms with Crippen LogP contribution in [0.5, 0.6) is 5.75 Å². The van der Waals surface area contributed by atoms with Crippen molar-refractivity contribution in [3.05, 3.63) is 29.8 Å². The molecule has 4 heteroatoms. The summed E-state index contributed by atoms with van der Waals surface area (Å²) in [4.78, 5) is 12.1. The number of ether oxygens (including phenoxy) is 1. The molecule has 2 N–H and O–H groups in total. The van der Waals surface area contributed by atoms with E-state index in [2.05, 4.69) is 5.32 Å². The molecule has 104 valence electrons. The van der Waals surface area contributed by atoms with Crippen molar-refractivity contribution in [3.8, 4) is 5.75 Å². The van der Waals surface area contributed by atoms with Gasteiger partial charge in [0.2, 0.25) is 0 Å². The summed E-state index contributed by atoms with van der Waals surface area (Å²) >= 11 is 0. The summed E-state index contributed by atoms with van der Waals surface area (Å²) in [5.74, 6) is 0.604. The molecule has 1 aromatic rings. The number of hydrogen-bond acceptors (Lipinski definition) is 3. The second-order valence-electron chi connectivity index (χ2n) is 5.02. The van der Waals surface area contributed by atoms with Gasteiger partial charge in [-0.3, -0.25) is 4.79 Å². The second-order valence-corrected chi connectivity index (χ2v) is 5.02. The number of aliphatic hydroxyl groups excluding tert-OH is 1. The highest BCUT2D eigenvalue weighted by Crippen LogP contribution is 2.24. The second kappa shape index (κ2) is 6.57. The number of carbonyl (C=O) groups excluding carboxylic acids is 1. The number of aliphatic hydroxyl groups is 1. The Kier molecular flexibility index (Phi) is 4.80. The summed E-state index contributed by atoms with van der Waals surface area (Å²) in [6.07, 6.45) is 3.75. The Hall–Kier alpha value is -1.55. The van der Waals surface area contributed by atoms with Crippen molar-refractivity contribution in [2.45, 2.75) is 31.8 Å². The molecule has 4 nitrogen and oxygen atoms in total. The Morgan fingerprint density at radius 2 is 2.11 bits per heavy atom. The average molecular weight is 263 g/mol. The predicted molar refractivity (Wildman–Crippen MR) is 73.3 cm³/mol. The molecule has 2 atom stereocenters. The zero-order valence-electron chi connectivity index (χ0n) is 11.3. The molecule has 0 bridgehead atoms. The Morgan fingerprint density at radius 3 is 2.84 bits per heavy atom. The van der Waals surface area contributed by atoms with Crippen LogP contribution in [0.15, 0.2) is 24.3 Å². The number of amides is 1. The predicted octanol–water partition coefficient (Wildman–Crippen LogP) is 1.98. The molecule has 1 saturated carbocycles. The minimum absolute atomic E-state index is 0.143. The summed E-state index contributed by atoms with van der Waals surface area (Å²) < 4.78 is 5.17. The van der Waals surface area contributed by atoms with E-state index in [0.717, 1.165) is 25.7 Å². The van der Waals surface area contributed by atoms with Crippen LogP contribution in [0.3, 0.4) is 0 Å². The van der Waals surface area contributed by atoms with Crippen molar-refractivity contribution in [2.24, 2.45) is 5.92 Å². The van der Waals surface area contributed by atoms with Crippen molar-refractivity contribution in [2.75, 3.05) is 13.7 Å². The van der Waals surface area contributed by atoms with Crippen LogP contribution in [0, 0.1) is 5.92 Å². The number of benzene rings is 1. The van der Waals surface area contributed by atoms with Gasteiger partial charge in [-0.1, -0.05) is 25.0 Å². The number of methoxy groups -OCH3 is 1. The van der Waals surface area contributed by atoms with Gasteiger partial charge in [0.25, 0.3) is 5.91 Å². The van der Waals surface area contributed by atoms with Crippen molar-refractivity contribution < 1.29 is 14.6 Å². The number of rotatable bonds is 4. The van der Waals surface area contributed by atoms with Crippen LogP contribution in [0.25, 0.3) is 0 Å². The Balaban J connectivity index is 1.93. The van der Waals surface area contributed by atoms with Crippen LogP contribution in [-0.2, 0) is 0 Å². The van der Waals surface area contributed by atoms with Crippen LogP contribution >= 0.6 is 0 Å². The van der Waals surface area contributed by atoms with Gasteiger partial charge in [-0.2, -0.15) is 0 Å². The van der Waals surface area contributed by atoms with Crippen LogP contribution in [0.1, 0.15) is 36.0 Å². The topological polar surface area (TPSA) is 58.6 Å². The van der Waals surface area contributed by atoms with Gasteiger partial charge in [-0.05, 0) is 25.0 Å². The van der Waals surface area contributed by atoms with Gasteiger partial charge >= 0.3 is 0 Å². The number of para-hydroxylation sites is 1. The van der Waals surface area contributed by atoms with Gasteiger partial charge in [0.1, 0.15) is 5.75 Å². The van der Waals surface area contributed by atoms with E-state index in [1.807, 2.05) is 12.1 Å².